The van der Waals surface area contributed by atoms with Gasteiger partial charge in [0.2, 0.25) is 0 Å². The molecule has 78 valence electrons. The molecule has 0 amide bonds. The lowest BCUT2D eigenvalue weighted by atomic mass is 9.78. The van der Waals surface area contributed by atoms with E-state index >= 15 is 0 Å². The zero-order valence-electron chi connectivity index (χ0n) is 7.52. The van der Waals surface area contributed by atoms with Crippen molar-refractivity contribution in [1.82, 2.24) is 0 Å². The van der Waals surface area contributed by atoms with E-state index in [0.29, 0.717) is 5.39 Å². The predicted octanol–water partition coefficient (Wildman–Crippen LogP) is 1.05. The third kappa shape index (κ3) is 1.73. The van der Waals surface area contributed by atoms with Crippen LogP contribution in [0.4, 0.5) is 8.78 Å². The predicted molar refractivity (Wildman–Crippen MR) is 51.0 cm³/mol. The quantitative estimate of drug-likeness (QED) is 0.731. The molecule has 1 aromatic carbocycles. The third-order valence-corrected chi connectivity index (χ3v) is 2.11. The second-order valence-electron chi connectivity index (χ2n) is 3.08. The van der Waals surface area contributed by atoms with E-state index in [1.165, 1.54) is 18.2 Å². The minimum Gasteiger partial charge on any atom is -0.455 e. The van der Waals surface area contributed by atoms with Gasteiger partial charge in [-0.15, -0.1) is 0 Å². The molecule has 0 bridgehead atoms. The molecule has 0 aliphatic rings. The van der Waals surface area contributed by atoms with Gasteiger partial charge in [0.05, 0.1) is 0 Å². The summed E-state index contributed by atoms with van der Waals surface area (Å²) < 4.78 is 29.5. The lowest BCUT2D eigenvalue weighted by Gasteiger charge is -1.98. The molecule has 2 rings (SSSR count). The van der Waals surface area contributed by atoms with Gasteiger partial charge in [-0.25, -0.2) is 8.78 Å². The second-order valence-corrected chi connectivity index (χ2v) is 3.08. The first kappa shape index (κ1) is 10.1. The number of halogens is 2. The molecular formula is C9H7BF2O3. The summed E-state index contributed by atoms with van der Waals surface area (Å²) in [7, 11) is -1.70. The lowest BCUT2D eigenvalue weighted by molar-refractivity contribution is 0.124. The van der Waals surface area contributed by atoms with E-state index in [0.717, 1.165) is 6.07 Å². The van der Waals surface area contributed by atoms with Gasteiger partial charge in [-0.2, -0.15) is 0 Å². The number of hydrogen-bond donors (Lipinski definition) is 2. The molecule has 0 aliphatic carbocycles. The number of hydrogen-bond acceptors (Lipinski definition) is 3. The molecule has 0 fully saturated rings. The van der Waals surface area contributed by atoms with Crippen molar-refractivity contribution < 1.29 is 23.2 Å². The molecule has 0 radical (unpaired) electrons. The largest absolute Gasteiger partial charge is 0.489 e. The van der Waals surface area contributed by atoms with Crippen molar-refractivity contribution in [3.63, 3.8) is 0 Å². The second kappa shape index (κ2) is 3.64. The topological polar surface area (TPSA) is 53.6 Å². The number of rotatable bonds is 2. The Labute approximate surface area is 84.1 Å². The van der Waals surface area contributed by atoms with Crippen LogP contribution >= 0.6 is 0 Å². The molecule has 0 unspecified atom stereocenters. The maximum Gasteiger partial charge on any atom is 0.489 e. The van der Waals surface area contributed by atoms with Crippen LogP contribution in [-0.4, -0.2) is 17.2 Å². The van der Waals surface area contributed by atoms with Gasteiger partial charge >= 0.3 is 7.12 Å². The summed E-state index contributed by atoms with van der Waals surface area (Å²) >= 11 is 0. The van der Waals surface area contributed by atoms with E-state index in [1.807, 2.05) is 0 Å². The number of alkyl halides is 2. The summed E-state index contributed by atoms with van der Waals surface area (Å²) in [5.41, 5.74) is 0.374. The highest BCUT2D eigenvalue weighted by Gasteiger charge is 2.19. The van der Waals surface area contributed by atoms with Crippen molar-refractivity contribution in [3.05, 3.63) is 30.0 Å². The first-order valence-electron chi connectivity index (χ1n) is 4.26. The van der Waals surface area contributed by atoms with Crippen LogP contribution in [0.5, 0.6) is 0 Å². The molecule has 15 heavy (non-hydrogen) atoms. The fourth-order valence-electron chi connectivity index (χ4n) is 1.44. The maximum absolute atomic E-state index is 12.3. The Morgan fingerprint density at radius 2 is 2.00 bits per heavy atom. The van der Waals surface area contributed by atoms with Crippen molar-refractivity contribution in [2.75, 3.05) is 0 Å². The highest BCUT2D eigenvalue weighted by molar-refractivity contribution is 6.61. The van der Waals surface area contributed by atoms with Gasteiger partial charge in [0.15, 0.2) is 5.76 Å². The van der Waals surface area contributed by atoms with Crippen LogP contribution in [0.15, 0.2) is 28.7 Å². The van der Waals surface area contributed by atoms with Gasteiger partial charge in [0.25, 0.3) is 6.43 Å². The van der Waals surface area contributed by atoms with E-state index in [9.17, 15) is 8.78 Å². The molecule has 0 aliphatic heterocycles. The summed E-state index contributed by atoms with van der Waals surface area (Å²) in [6.45, 7) is 0. The zero-order valence-corrected chi connectivity index (χ0v) is 7.52. The molecule has 2 N–H and O–H groups in total. The van der Waals surface area contributed by atoms with E-state index in [4.69, 9.17) is 14.5 Å². The fraction of sp³-hybridized carbons (Fsp3) is 0.111. The molecule has 0 saturated heterocycles. The van der Waals surface area contributed by atoms with Crippen LogP contribution in [0.25, 0.3) is 11.0 Å². The van der Waals surface area contributed by atoms with Crippen molar-refractivity contribution in [2.24, 2.45) is 0 Å². The van der Waals surface area contributed by atoms with Gasteiger partial charge in [0.1, 0.15) is 5.58 Å². The average molecular weight is 212 g/mol. The Balaban J connectivity index is 2.64. The lowest BCUT2D eigenvalue weighted by Crippen LogP contribution is -2.29. The molecule has 1 aromatic heterocycles. The normalized spacial score (nSPS) is 11.3. The van der Waals surface area contributed by atoms with Crippen molar-refractivity contribution >= 4 is 23.6 Å². The average Bonchev–Trinajstić information content (AvgIpc) is 2.60. The molecule has 2 aromatic rings. The van der Waals surface area contributed by atoms with Crippen LogP contribution in [0.3, 0.4) is 0 Å². The van der Waals surface area contributed by atoms with Gasteiger partial charge < -0.3 is 14.5 Å². The molecular weight excluding hydrogens is 205 g/mol. The summed E-state index contributed by atoms with van der Waals surface area (Å²) in [6, 6.07) is 5.56. The smallest absolute Gasteiger partial charge is 0.455 e. The third-order valence-electron chi connectivity index (χ3n) is 2.11. The van der Waals surface area contributed by atoms with E-state index in [2.05, 4.69) is 0 Å². The standard InChI is InChI=1S/C9H7BF2O3/c11-9(12)8-4-5-6(10(13)14)2-1-3-7(5)15-8/h1-4,9,13-14H. The summed E-state index contributed by atoms with van der Waals surface area (Å²) in [6.07, 6.45) is -2.71. The number of furan rings is 1. The molecule has 0 atom stereocenters. The highest BCUT2D eigenvalue weighted by atomic mass is 19.3. The van der Waals surface area contributed by atoms with Crippen LogP contribution in [0, 0.1) is 0 Å². The molecule has 0 saturated carbocycles. The summed E-state index contributed by atoms with van der Waals surface area (Å²) in [5, 5.41) is 18.3. The molecule has 3 nitrogen and oxygen atoms in total. The Bertz CT molecular complexity index is 481. The zero-order chi connectivity index (χ0) is 11.0. The summed E-state index contributed by atoms with van der Waals surface area (Å²) in [5.74, 6) is -0.474. The van der Waals surface area contributed by atoms with Crippen LogP contribution in [0.1, 0.15) is 12.2 Å². The van der Waals surface area contributed by atoms with Gasteiger partial charge in [-0.05, 0) is 17.6 Å². The van der Waals surface area contributed by atoms with Gasteiger partial charge in [-0.1, -0.05) is 12.1 Å². The monoisotopic (exact) mass is 212 g/mol. The first-order valence-corrected chi connectivity index (χ1v) is 4.26. The molecule has 6 heteroatoms. The first-order chi connectivity index (χ1) is 7.09. The minimum atomic E-state index is -2.71. The Kier molecular flexibility index (Phi) is 2.46. The molecule has 0 spiro atoms. The van der Waals surface area contributed by atoms with Gasteiger partial charge in [0, 0.05) is 5.39 Å². The minimum absolute atomic E-state index is 0.156. The maximum atomic E-state index is 12.3. The Morgan fingerprint density at radius 3 is 2.60 bits per heavy atom. The Morgan fingerprint density at radius 1 is 1.27 bits per heavy atom. The van der Waals surface area contributed by atoms with Gasteiger partial charge in [-0.3, -0.25) is 0 Å². The van der Waals surface area contributed by atoms with Crippen LogP contribution in [-0.2, 0) is 0 Å². The number of benzene rings is 1. The number of fused-ring (bicyclic) bond motifs is 1. The fourth-order valence-corrected chi connectivity index (χ4v) is 1.44. The van der Waals surface area contributed by atoms with Crippen molar-refractivity contribution in [2.45, 2.75) is 6.43 Å². The van der Waals surface area contributed by atoms with E-state index < -0.39 is 19.3 Å². The highest BCUT2D eigenvalue weighted by Crippen LogP contribution is 2.25. The Hall–Kier alpha value is -1.40. The van der Waals surface area contributed by atoms with E-state index in [-0.39, 0.29) is 11.0 Å². The SMILES string of the molecule is OB(O)c1cccc2oc(C(F)F)cc12. The van der Waals surface area contributed by atoms with Crippen molar-refractivity contribution in [3.8, 4) is 0 Å². The van der Waals surface area contributed by atoms with Crippen LogP contribution in [0.2, 0.25) is 0 Å². The summed E-state index contributed by atoms with van der Waals surface area (Å²) in [4.78, 5) is 0. The van der Waals surface area contributed by atoms with E-state index in [1.54, 1.807) is 0 Å². The van der Waals surface area contributed by atoms with Crippen LogP contribution < -0.4 is 5.46 Å². The molecule has 1 heterocycles. The van der Waals surface area contributed by atoms with Crippen molar-refractivity contribution in [1.29, 1.82) is 0 Å².